The van der Waals surface area contributed by atoms with Crippen molar-refractivity contribution >= 4 is 8.32 Å². The van der Waals surface area contributed by atoms with Gasteiger partial charge in [-0.05, 0) is 28.5 Å². The van der Waals surface area contributed by atoms with Crippen molar-refractivity contribution in [1.29, 1.82) is 0 Å². The first-order valence-corrected chi connectivity index (χ1v) is 13.4. The lowest BCUT2D eigenvalue weighted by atomic mass is 9.90. The van der Waals surface area contributed by atoms with Crippen LogP contribution in [0.3, 0.4) is 0 Å². The minimum absolute atomic E-state index is 0.164. The Morgan fingerprint density at radius 1 is 0.893 bits per heavy atom. The Labute approximate surface area is 176 Å². The Morgan fingerprint density at radius 2 is 1.46 bits per heavy atom. The van der Waals surface area contributed by atoms with Gasteiger partial charge < -0.3 is 4.43 Å². The van der Waals surface area contributed by atoms with Gasteiger partial charge in [-0.1, -0.05) is 123 Å². The SMILES string of the molecule is CCCC/C=C1\[C@@H](CCCC)[C@H](c2ccccc2)O[Si]1(C(C)(C)C)C(C)(C)C. The van der Waals surface area contributed by atoms with Crippen molar-refractivity contribution in [3.05, 3.63) is 47.2 Å². The Hall–Kier alpha value is -0.863. The summed E-state index contributed by atoms with van der Waals surface area (Å²) in [6.07, 6.45) is 10.3. The molecule has 2 heteroatoms. The molecule has 1 aliphatic heterocycles. The monoisotopic (exact) mass is 400 g/mol. The molecule has 158 valence electrons. The molecule has 1 fully saturated rings. The fraction of sp³-hybridized carbons (Fsp3) is 0.692. The molecule has 1 aliphatic rings. The van der Waals surface area contributed by atoms with E-state index in [-0.39, 0.29) is 16.2 Å². The second kappa shape index (κ2) is 9.30. The Balaban J connectivity index is 2.66. The highest BCUT2D eigenvalue weighted by atomic mass is 28.4. The first-order valence-electron chi connectivity index (χ1n) is 11.5. The van der Waals surface area contributed by atoms with Crippen LogP contribution in [0.5, 0.6) is 0 Å². The quantitative estimate of drug-likeness (QED) is 0.328. The molecule has 0 spiro atoms. The maximum absolute atomic E-state index is 7.39. The van der Waals surface area contributed by atoms with Crippen LogP contribution < -0.4 is 0 Å². The summed E-state index contributed by atoms with van der Waals surface area (Å²) in [6.45, 7) is 19.2. The van der Waals surface area contributed by atoms with E-state index in [0.717, 1.165) is 0 Å². The van der Waals surface area contributed by atoms with E-state index in [0.29, 0.717) is 5.92 Å². The highest BCUT2D eigenvalue weighted by Crippen LogP contribution is 2.64. The lowest BCUT2D eigenvalue weighted by Gasteiger charge is -2.49. The fourth-order valence-electron chi connectivity index (χ4n) is 5.54. The third-order valence-electron chi connectivity index (χ3n) is 6.51. The normalized spacial score (nSPS) is 24.1. The molecular weight excluding hydrogens is 356 g/mol. The molecule has 0 aromatic heterocycles. The summed E-state index contributed by atoms with van der Waals surface area (Å²) in [7, 11) is -2.21. The van der Waals surface area contributed by atoms with Crippen molar-refractivity contribution in [2.45, 2.75) is 110 Å². The molecule has 0 amide bonds. The Kier molecular flexibility index (Phi) is 7.78. The minimum Gasteiger partial charge on any atom is -0.404 e. The molecule has 0 N–H and O–H groups in total. The predicted molar refractivity (Wildman–Crippen MR) is 126 cm³/mol. The second-order valence-corrected chi connectivity index (χ2v) is 15.9. The summed E-state index contributed by atoms with van der Waals surface area (Å²) >= 11 is 0. The van der Waals surface area contributed by atoms with Crippen LogP contribution in [-0.4, -0.2) is 8.32 Å². The first kappa shape index (κ1) is 23.4. The molecule has 0 saturated carbocycles. The first-order chi connectivity index (χ1) is 13.1. The van der Waals surface area contributed by atoms with Crippen LogP contribution >= 0.6 is 0 Å². The van der Waals surface area contributed by atoms with Crippen LogP contribution in [0.4, 0.5) is 0 Å². The van der Waals surface area contributed by atoms with E-state index in [9.17, 15) is 0 Å². The molecular formula is C26H44OSi. The highest BCUT2D eigenvalue weighted by Gasteiger charge is 2.64. The summed E-state index contributed by atoms with van der Waals surface area (Å²) in [4.78, 5) is 0. The molecule has 2 atom stereocenters. The smallest absolute Gasteiger partial charge is 0.231 e. The molecule has 28 heavy (non-hydrogen) atoms. The van der Waals surface area contributed by atoms with Crippen LogP contribution in [-0.2, 0) is 4.43 Å². The van der Waals surface area contributed by atoms with E-state index < -0.39 is 8.32 Å². The molecule has 0 radical (unpaired) electrons. The lowest BCUT2D eigenvalue weighted by Crippen LogP contribution is -2.53. The number of allylic oxidation sites excluding steroid dienone is 1. The average molecular weight is 401 g/mol. The topological polar surface area (TPSA) is 9.23 Å². The highest BCUT2D eigenvalue weighted by molar-refractivity contribution is 6.86. The molecule has 0 aliphatic carbocycles. The third kappa shape index (κ3) is 4.49. The van der Waals surface area contributed by atoms with Gasteiger partial charge in [0.1, 0.15) is 0 Å². The van der Waals surface area contributed by atoms with Gasteiger partial charge in [0.05, 0.1) is 6.10 Å². The molecule has 1 nitrogen and oxygen atoms in total. The summed E-state index contributed by atoms with van der Waals surface area (Å²) in [5.41, 5.74) is 1.37. The summed E-state index contributed by atoms with van der Waals surface area (Å²) in [5, 5.41) is 2.04. The maximum Gasteiger partial charge on any atom is 0.231 e. The van der Waals surface area contributed by atoms with Gasteiger partial charge in [-0.2, -0.15) is 0 Å². The number of hydrogen-bond donors (Lipinski definition) is 0. The number of benzene rings is 1. The van der Waals surface area contributed by atoms with Gasteiger partial charge in [-0.3, -0.25) is 0 Å². The van der Waals surface area contributed by atoms with Crippen LogP contribution in [0.2, 0.25) is 10.1 Å². The second-order valence-electron chi connectivity index (χ2n) is 10.7. The van der Waals surface area contributed by atoms with Gasteiger partial charge in [-0.15, -0.1) is 0 Å². The molecule has 1 aromatic rings. The standard InChI is InChI=1S/C26H44OSi/c1-9-11-14-20-23-22(19-12-10-2)24(21-17-15-13-16-18-21)27-28(23,25(3,4)5)26(6,7)8/h13,15-18,20,22,24H,9-12,14,19H2,1-8H3/b23-20+/t22-,24+/m1/s1. The van der Waals surface area contributed by atoms with Crippen molar-refractivity contribution < 1.29 is 4.43 Å². The van der Waals surface area contributed by atoms with Crippen molar-refractivity contribution in [2.75, 3.05) is 0 Å². The van der Waals surface area contributed by atoms with Crippen molar-refractivity contribution in [3.8, 4) is 0 Å². The molecule has 1 saturated heterocycles. The fourth-order valence-corrected chi connectivity index (χ4v) is 12.3. The zero-order chi connectivity index (χ0) is 21.0. The van der Waals surface area contributed by atoms with Crippen molar-refractivity contribution in [2.24, 2.45) is 5.92 Å². The zero-order valence-corrected chi connectivity index (χ0v) is 20.8. The molecule has 2 rings (SSSR count). The van der Waals surface area contributed by atoms with Gasteiger partial charge >= 0.3 is 0 Å². The molecule has 1 heterocycles. The number of unbranched alkanes of at least 4 members (excludes halogenated alkanes) is 3. The van der Waals surface area contributed by atoms with E-state index >= 15 is 0 Å². The van der Waals surface area contributed by atoms with Gasteiger partial charge in [0.2, 0.25) is 8.32 Å². The molecule has 1 aromatic carbocycles. The van der Waals surface area contributed by atoms with Crippen LogP contribution in [0.15, 0.2) is 41.6 Å². The van der Waals surface area contributed by atoms with E-state index in [1.54, 1.807) is 5.20 Å². The third-order valence-corrected chi connectivity index (χ3v) is 12.7. The van der Waals surface area contributed by atoms with Gasteiger partial charge in [0, 0.05) is 5.92 Å². The average Bonchev–Trinajstić information content (AvgIpc) is 2.96. The Morgan fingerprint density at radius 3 is 1.96 bits per heavy atom. The van der Waals surface area contributed by atoms with Crippen molar-refractivity contribution in [3.63, 3.8) is 0 Å². The number of rotatable bonds is 7. The van der Waals surface area contributed by atoms with E-state index in [4.69, 9.17) is 4.43 Å². The summed E-state index contributed by atoms with van der Waals surface area (Å²) in [5.74, 6) is 0.532. The minimum atomic E-state index is -2.21. The zero-order valence-electron chi connectivity index (χ0n) is 19.8. The van der Waals surface area contributed by atoms with Gasteiger partial charge in [0.25, 0.3) is 0 Å². The maximum atomic E-state index is 7.39. The van der Waals surface area contributed by atoms with Crippen LogP contribution in [0.1, 0.15) is 106 Å². The van der Waals surface area contributed by atoms with E-state index in [1.807, 2.05) is 0 Å². The van der Waals surface area contributed by atoms with E-state index in [1.165, 1.54) is 44.1 Å². The lowest BCUT2D eigenvalue weighted by molar-refractivity contribution is 0.159. The van der Waals surface area contributed by atoms with Gasteiger partial charge in [-0.25, -0.2) is 0 Å². The summed E-state index contributed by atoms with van der Waals surface area (Å²) < 4.78 is 7.39. The van der Waals surface area contributed by atoms with Crippen LogP contribution in [0.25, 0.3) is 0 Å². The van der Waals surface area contributed by atoms with Crippen LogP contribution in [0, 0.1) is 5.92 Å². The Bertz CT molecular complexity index is 619. The predicted octanol–water partition coefficient (Wildman–Crippen LogP) is 8.77. The summed E-state index contributed by atoms with van der Waals surface area (Å²) in [6, 6.07) is 11.0. The number of hydrogen-bond acceptors (Lipinski definition) is 1. The van der Waals surface area contributed by atoms with E-state index in [2.05, 4.69) is 91.8 Å². The van der Waals surface area contributed by atoms with Gasteiger partial charge in [0.15, 0.2) is 0 Å². The van der Waals surface area contributed by atoms with Crippen molar-refractivity contribution in [1.82, 2.24) is 0 Å². The molecule has 0 unspecified atom stereocenters. The largest absolute Gasteiger partial charge is 0.404 e. The molecule has 0 bridgehead atoms.